The van der Waals surface area contributed by atoms with Crippen molar-refractivity contribution in [2.75, 3.05) is 46.8 Å². The van der Waals surface area contributed by atoms with Gasteiger partial charge in [-0.3, -0.25) is 4.79 Å². The molecule has 1 saturated carbocycles. The number of hydrogen-bond donors (Lipinski definition) is 1. The Bertz CT molecular complexity index is 371. The van der Waals surface area contributed by atoms with Gasteiger partial charge in [0, 0.05) is 26.7 Å². The molecule has 0 radical (unpaired) electrons. The number of carbonyl (C=O) groups excluding carboxylic acids is 1. The predicted molar refractivity (Wildman–Crippen MR) is 75.6 cm³/mol. The predicted octanol–water partition coefficient (Wildman–Crippen LogP) is 0.786. The molecule has 1 heterocycles. The number of nitrogens with zero attached hydrogens (tertiary/aromatic N) is 3. The molecule has 1 aliphatic heterocycles. The molecular weight excluding hydrogens is 258 g/mol. The standard InChI is InChI=1S/C14H25N3O3/c1-15-6-5-12(7-15)8-16(2)14(20)17(10-13(18)19)9-11-3-4-11/h11-12H,3-10H2,1-2H3,(H,18,19). The van der Waals surface area contributed by atoms with E-state index in [1.807, 2.05) is 0 Å². The van der Waals surface area contributed by atoms with Crippen LogP contribution in [0, 0.1) is 11.8 Å². The molecule has 0 aromatic carbocycles. The van der Waals surface area contributed by atoms with Crippen LogP contribution in [0.5, 0.6) is 0 Å². The van der Waals surface area contributed by atoms with Crippen LogP contribution in [0.15, 0.2) is 0 Å². The van der Waals surface area contributed by atoms with Gasteiger partial charge >= 0.3 is 12.0 Å². The lowest BCUT2D eigenvalue weighted by atomic mass is 10.1. The summed E-state index contributed by atoms with van der Waals surface area (Å²) in [5.41, 5.74) is 0. The summed E-state index contributed by atoms with van der Waals surface area (Å²) in [6.45, 7) is 3.20. The zero-order valence-corrected chi connectivity index (χ0v) is 12.4. The fourth-order valence-corrected chi connectivity index (χ4v) is 2.87. The van der Waals surface area contributed by atoms with Crippen LogP contribution in [0.3, 0.4) is 0 Å². The zero-order valence-electron chi connectivity index (χ0n) is 12.4. The second-order valence-electron chi connectivity index (χ2n) is 6.30. The maximum Gasteiger partial charge on any atom is 0.323 e. The lowest BCUT2D eigenvalue weighted by Crippen LogP contribution is -2.46. The third-order valence-corrected chi connectivity index (χ3v) is 4.12. The first-order valence-electron chi connectivity index (χ1n) is 7.36. The van der Waals surface area contributed by atoms with E-state index in [-0.39, 0.29) is 12.6 Å². The van der Waals surface area contributed by atoms with Crippen LogP contribution in [0.1, 0.15) is 19.3 Å². The SMILES string of the molecule is CN1CCC(CN(C)C(=O)N(CC(=O)O)CC2CC2)C1. The topological polar surface area (TPSA) is 64.1 Å². The van der Waals surface area contributed by atoms with Crippen LogP contribution in [0.2, 0.25) is 0 Å². The van der Waals surface area contributed by atoms with Crippen LogP contribution in [-0.4, -0.2) is 78.6 Å². The molecule has 20 heavy (non-hydrogen) atoms. The number of urea groups is 1. The van der Waals surface area contributed by atoms with Gasteiger partial charge in [-0.25, -0.2) is 4.79 Å². The summed E-state index contributed by atoms with van der Waals surface area (Å²) in [5, 5.41) is 8.95. The van der Waals surface area contributed by atoms with Gasteiger partial charge in [-0.05, 0) is 44.7 Å². The fourth-order valence-electron chi connectivity index (χ4n) is 2.87. The van der Waals surface area contributed by atoms with Gasteiger partial charge in [-0.1, -0.05) is 0 Å². The first-order chi connectivity index (χ1) is 9.45. The van der Waals surface area contributed by atoms with Crippen LogP contribution in [0.4, 0.5) is 4.79 Å². The van der Waals surface area contributed by atoms with E-state index in [4.69, 9.17) is 5.11 Å². The smallest absolute Gasteiger partial charge is 0.323 e. The molecule has 2 rings (SSSR count). The molecule has 114 valence electrons. The summed E-state index contributed by atoms with van der Waals surface area (Å²) in [6, 6.07) is -0.145. The summed E-state index contributed by atoms with van der Waals surface area (Å²) in [4.78, 5) is 28.7. The number of hydrogen-bond acceptors (Lipinski definition) is 3. The number of carboxylic acids is 1. The molecule has 1 atom stereocenters. The largest absolute Gasteiger partial charge is 0.480 e. The summed E-state index contributed by atoms with van der Waals surface area (Å²) in [5.74, 6) is 0.0684. The van der Waals surface area contributed by atoms with Crippen LogP contribution >= 0.6 is 0 Å². The van der Waals surface area contributed by atoms with Gasteiger partial charge < -0.3 is 19.8 Å². The summed E-state index contributed by atoms with van der Waals surface area (Å²) in [7, 11) is 3.87. The first-order valence-corrected chi connectivity index (χ1v) is 7.36. The molecular formula is C14H25N3O3. The molecule has 0 spiro atoms. The molecule has 1 aliphatic carbocycles. The highest BCUT2D eigenvalue weighted by Gasteiger charge is 2.30. The second-order valence-corrected chi connectivity index (χ2v) is 6.30. The molecule has 0 aromatic heterocycles. The Labute approximate surface area is 120 Å². The molecule has 6 nitrogen and oxygen atoms in total. The van der Waals surface area contributed by atoms with Gasteiger partial charge in [-0.2, -0.15) is 0 Å². The third kappa shape index (κ3) is 4.37. The van der Waals surface area contributed by atoms with Crippen LogP contribution in [0.25, 0.3) is 0 Å². The van der Waals surface area contributed by atoms with Crippen LogP contribution < -0.4 is 0 Å². The molecule has 1 N–H and O–H groups in total. The van der Waals surface area contributed by atoms with Crippen molar-refractivity contribution in [1.82, 2.24) is 14.7 Å². The zero-order chi connectivity index (χ0) is 14.7. The van der Waals surface area contributed by atoms with E-state index >= 15 is 0 Å². The summed E-state index contributed by atoms with van der Waals surface area (Å²) < 4.78 is 0. The molecule has 6 heteroatoms. The highest BCUT2D eigenvalue weighted by Crippen LogP contribution is 2.30. The van der Waals surface area contributed by atoms with E-state index in [9.17, 15) is 9.59 Å². The second kappa shape index (κ2) is 6.43. The Balaban J connectivity index is 1.86. The van der Waals surface area contributed by atoms with Gasteiger partial charge in [0.2, 0.25) is 0 Å². The van der Waals surface area contributed by atoms with Crippen molar-refractivity contribution in [1.29, 1.82) is 0 Å². The molecule has 2 amide bonds. The summed E-state index contributed by atoms with van der Waals surface area (Å²) in [6.07, 6.45) is 3.33. The van der Waals surface area contributed by atoms with E-state index in [0.29, 0.717) is 24.9 Å². The van der Waals surface area contributed by atoms with E-state index in [0.717, 1.165) is 32.4 Å². The molecule has 2 fully saturated rings. The monoisotopic (exact) mass is 283 g/mol. The Morgan fingerprint density at radius 3 is 2.40 bits per heavy atom. The number of likely N-dealkylation sites (tertiary alicyclic amines) is 1. The Morgan fingerprint density at radius 1 is 1.20 bits per heavy atom. The van der Waals surface area contributed by atoms with Crippen molar-refractivity contribution in [2.24, 2.45) is 11.8 Å². The summed E-state index contributed by atoms with van der Waals surface area (Å²) >= 11 is 0. The van der Waals surface area contributed by atoms with Gasteiger partial charge in [0.25, 0.3) is 0 Å². The quantitative estimate of drug-likeness (QED) is 0.782. The van der Waals surface area contributed by atoms with Gasteiger partial charge in [-0.15, -0.1) is 0 Å². The first kappa shape index (κ1) is 15.1. The lowest BCUT2D eigenvalue weighted by Gasteiger charge is -2.28. The maximum absolute atomic E-state index is 12.4. The average molecular weight is 283 g/mol. The normalized spacial score (nSPS) is 22.8. The Kier molecular flexibility index (Phi) is 4.86. The number of amides is 2. The number of rotatable bonds is 6. The molecule has 1 unspecified atom stereocenters. The molecule has 0 bridgehead atoms. The van der Waals surface area contributed by atoms with E-state index in [1.54, 1.807) is 11.9 Å². The lowest BCUT2D eigenvalue weighted by molar-refractivity contribution is -0.137. The Morgan fingerprint density at radius 2 is 1.90 bits per heavy atom. The van der Waals surface area contributed by atoms with Gasteiger partial charge in [0.05, 0.1) is 0 Å². The maximum atomic E-state index is 12.4. The highest BCUT2D eigenvalue weighted by atomic mass is 16.4. The van der Waals surface area contributed by atoms with E-state index < -0.39 is 5.97 Å². The van der Waals surface area contributed by atoms with E-state index in [2.05, 4.69) is 11.9 Å². The third-order valence-electron chi connectivity index (χ3n) is 4.12. The highest BCUT2D eigenvalue weighted by molar-refractivity contribution is 5.80. The minimum Gasteiger partial charge on any atom is -0.480 e. The van der Waals surface area contributed by atoms with Gasteiger partial charge in [0.1, 0.15) is 6.54 Å². The van der Waals surface area contributed by atoms with Crippen molar-refractivity contribution in [3.8, 4) is 0 Å². The van der Waals surface area contributed by atoms with Crippen LogP contribution in [-0.2, 0) is 4.79 Å². The minimum absolute atomic E-state index is 0.145. The molecule has 2 aliphatic rings. The van der Waals surface area contributed by atoms with Gasteiger partial charge in [0.15, 0.2) is 0 Å². The Hall–Kier alpha value is -1.30. The number of carboxylic acid groups (broad SMARTS) is 1. The molecule has 0 aromatic rings. The van der Waals surface area contributed by atoms with E-state index in [1.165, 1.54) is 4.90 Å². The number of aliphatic carboxylic acids is 1. The van der Waals surface area contributed by atoms with Crippen molar-refractivity contribution < 1.29 is 14.7 Å². The fraction of sp³-hybridized carbons (Fsp3) is 0.857. The minimum atomic E-state index is -0.937. The number of carbonyl (C=O) groups is 2. The van der Waals surface area contributed by atoms with Crippen molar-refractivity contribution in [3.63, 3.8) is 0 Å². The van der Waals surface area contributed by atoms with Crippen molar-refractivity contribution in [2.45, 2.75) is 19.3 Å². The average Bonchev–Trinajstić information content (AvgIpc) is 3.09. The molecule has 1 saturated heterocycles. The van der Waals surface area contributed by atoms with Crippen molar-refractivity contribution in [3.05, 3.63) is 0 Å². The van der Waals surface area contributed by atoms with Crippen molar-refractivity contribution >= 4 is 12.0 Å².